The van der Waals surface area contributed by atoms with Gasteiger partial charge in [-0.2, -0.15) is 0 Å². The van der Waals surface area contributed by atoms with Gasteiger partial charge in [0.1, 0.15) is 11.5 Å². The third-order valence-electron chi connectivity index (χ3n) is 4.59. The fourth-order valence-corrected chi connectivity index (χ4v) is 3.88. The van der Waals surface area contributed by atoms with Crippen LogP contribution in [0.25, 0.3) is 16.7 Å². The molecule has 0 aliphatic carbocycles. The molecule has 2 heterocycles. The second kappa shape index (κ2) is 7.79. The monoisotopic (exact) mass is 423 g/mol. The van der Waals surface area contributed by atoms with Gasteiger partial charge >= 0.3 is 0 Å². The van der Waals surface area contributed by atoms with Gasteiger partial charge in [0.05, 0.1) is 29.6 Å². The van der Waals surface area contributed by atoms with Crippen LogP contribution in [0.2, 0.25) is 0 Å². The van der Waals surface area contributed by atoms with Crippen molar-refractivity contribution in [3.8, 4) is 0 Å². The number of pyridine rings is 1. The van der Waals surface area contributed by atoms with Crippen molar-refractivity contribution >= 4 is 44.0 Å². The van der Waals surface area contributed by atoms with Crippen molar-refractivity contribution in [3.05, 3.63) is 71.4 Å². The first-order valence-electron chi connectivity index (χ1n) is 9.42. The molecule has 8 heteroatoms. The highest BCUT2D eigenvalue weighted by molar-refractivity contribution is 7.92. The average molecular weight is 423 g/mol. The molecule has 0 radical (unpaired) electrons. The van der Waals surface area contributed by atoms with Crippen molar-refractivity contribution in [3.63, 3.8) is 0 Å². The Bertz CT molecular complexity index is 1280. The molecule has 0 bridgehead atoms. The van der Waals surface area contributed by atoms with Gasteiger partial charge in [-0.05, 0) is 49.4 Å². The maximum atomic E-state index is 13.2. The molecule has 1 aromatic heterocycles. The summed E-state index contributed by atoms with van der Waals surface area (Å²) in [6.07, 6.45) is 3.85. The van der Waals surface area contributed by atoms with Crippen LogP contribution in [0.3, 0.4) is 0 Å². The van der Waals surface area contributed by atoms with E-state index in [-0.39, 0.29) is 5.91 Å². The fourth-order valence-electron chi connectivity index (χ4n) is 3.32. The number of amides is 1. The standard InChI is InChI=1S/C22H21N3O4S/c1-14-8-9-19-17(11-14)18(13-20(24-19)21-7-4-10-29-21)22(26)23-15-5-3-6-16(12-15)25-30(2,27)28/h3,5-9,11-13,25H,4,10H2,1-2H3,(H,23,26). The third-order valence-corrected chi connectivity index (χ3v) is 5.20. The Morgan fingerprint density at radius 3 is 2.63 bits per heavy atom. The van der Waals surface area contributed by atoms with Crippen LogP contribution in [0, 0.1) is 6.92 Å². The van der Waals surface area contributed by atoms with Crippen LogP contribution in [-0.4, -0.2) is 32.2 Å². The number of carbonyl (C=O) groups excluding carboxylic acids is 1. The summed E-state index contributed by atoms with van der Waals surface area (Å²) >= 11 is 0. The van der Waals surface area contributed by atoms with Gasteiger partial charge in [-0.1, -0.05) is 17.7 Å². The first-order valence-corrected chi connectivity index (χ1v) is 11.3. The zero-order chi connectivity index (χ0) is 21.3. The highest BCUT2D eigenvalue weighted by Crippen LogP contribution is 2.27. The number of aryl methyl sites for hydroxylation is 1. The highest BCUT2D eigenvalue weighted by Gasteiger charge is 2.18. The van der Waals surface area contributed by atoms with Gasteiger partial charge in [0, 0.05) is 17.5 Å². The molecule has 30 heavy (non-hydrogen) atoms. The van der Waals surface area contributed by atoms with Crippen molar-refractivity contribution in [1.29, 1.82) is 0 Å². The molecule has 1 aliphatic rings. The SMILES string of the molecule is Cc1ccc2nc(C3=CCCO3)cc(C(=O)Nc3cccc(NS(C)(=O)=O)c3)c2c1. The second-order valence-corrected chi connectivity index (χ2v) is 8.94. The Balaban J connectivity index is 1.72. The van der Waals surface area contributed by atoms with E-state index < -0.39 is 10.0 Å². The number of benzene rings is 2. The van der Waals surface area contributed by atoms with Gasteiger partial charge < -0.3 is 10.1 Å². The van der Waals surface area contributed by atoms with Gasteiger partial charge in [-0.15, -0.1) is 0 Å². The predicted octanol–water partition coefficient (Wildman–Crippen LogP) is 3.93. The minimum Gasteiger partial charge on any atom is -0.491 e. The van der Waals surface area contributed by atoms with Crippen LogP contribution in [0.1, 0.15) is 28.0 Å². The van der Waals surface area contributed by atoms with Crippen molar-refractivity contribution in [2.45, 2.75) is 13.3 Å². The zero-order valence-corrected chi connectivity index (χ0v) is 17.4. The zero-order valence-electron chi connectivity index (χ0n) is 16.6. The molecule has 2 aromatic carbocycles. The molecule has 2 N–H and O–H groups in total. The molecule has 154 valence electrons. The van der Waals surface area contributed by atoms with E-state index in [0.29, 0.717) is 40.5 Å². The Morgan fingerprint density at radius 1 is 1.10 bits per heavy atom. The van der Waals surface area contributed by atoms with Crippen LogP contribution < -0.4 is 10.0 Å². The van der Waals surface area contributed by atoms with Crippen LogP contribution >= 0.6 is 0 Å². The number of hydrogen-bond acceptors (Lipinski definition) is 5. The average Bonchev–Trinajstić information content (AvgIpc) is 3.21. The maximum Gasteiger partial charge on any atom is 0.256 e. The van der Waals surface area contributed by atoms with Gasteiger partial charge in [-0.3, -0.25) is 9.52 Å². The molecule has 0 saturated carbocycles. The predicted molar refractivity (Wildman–Crippen MR) is 118 cm³/mol. The lowest BCUT2D eigenvalue weighted by atomic mass is 10.0. The number of hydrogen-bond donors (Lipinski definition) is 2. The lowest BCUT2D eigenvalue weighted by Gasteiger charge is -2.12. The summed E-state index contributed by atoms with van der Waals surface area (Å²) in [5, 5.41) is 3.59. The van der Waals surface area contributed by atoms with Crippen LogP contribution in [0.4, 0.5) is 11.4 Å². The Labute approximate surface area is 174 Å². The van der Waals surface area contributed by atoms with Crippen LogP contribution in [0.15, 0.2) is 54.6 Å². The fraction of sp³-hybridized carbons (Fsp3) is 0.182. The summed E-state index contributed by atoms with van der Waals surface area (Å²) in [6.45, 7) is 2.56. The molecule has 1 aliphatic heterocycles. The summed E-state index contributed by atoms with van der Waals surface area (Å²) in [7, 11) is -3.41. The van der Waals surface area contributed by atoms with E-state index in [4.69, 9.17) is 4.74 Å². The normalized spacial score (nSPS) is 13.6. The van der Waals surface area contributed by atoms with Gasteiger partial charge in [0.2, 0.25) is 10.0 Å². The second-order valence-electron chi connectivity index (χ2n) is 7.19. The number of rotatable bonds is 5. The van der Waals surface area contributed by atoms with Crippen molar-refractivity contribution < 1.29 is 17.9 Å². The summed E-state index contributed by atoms with van der Waals surface area (Å²) in [4.78, 5) is 17.8. The molecular formula is C22H21N3O4S. The number of carbonyl (C=O) groups is 1. The van der Waals surface area contributed by atoms with Crippen LogP contribution in [0.5, 0.6) is 0 Å². The molecule has 0 atom stereocenters. The molecule has 0 saturated heterocycles. The number of fused-ring (bicyclic) bond motifs is 1. The number of anilines is 2. The maximum absolute atomic E-state index is 13.2. The quantitative estimate of drug-likeness (QED) is 0.648. The number of nitrogens with zero attached hydrogens (tertiary/aromatic N) is 1. The first-order chi connectivity index (χ1) is 14.3. The number of nitrogens with one attached hydrogen (secondary N) is 2. The van der Waals surface area contributed by atoms with Gasteiger partial charge in [0.25, 0.3) is 5.91 Å². The Morgan fingerprint density at radius 2 is 1.90 bits per heavy atom. The summed E-state index contributed by atoms with van der Waals surface area (Å²) in [6, 6.07) is 14.0. The van der Waals surface area contributed by atoms with E-state index in [2.05, 4.69) is 15.0 Å². The van der Waals surface area contributed by atoms with Crippen molar-refractivity contribution in [1.82, 2.24) is 4.98 Å². The summed E-state index contributed by atoms with van der Waals surface area (Å²) in [5.41, 5.74) is 3.65. The minimum absolute atomic E-state index is 0.315. The number of aromatic nitrogens is 1. The van der Waals surface area contributed by atoms with E-state index in [1.807, 2.05) is 31.2 Å². The first kappa shape index (κ1) is 19.9. The Hall–Kier alpha value is -3.39. The smallest absolute Gasteiger partial charge is 0.256 e. The molecule has 1 amide bonds. The van der Waals surface area contributed by atoms with E-state index in [9.17, 15) is 13.2 Å². The molecular weight excluding hydrogens is 402 g/mol. The van der Waals surface area contributed by atoms with Crippen molar-refractivity contribution in [2.24, 2.45) is 0 Å². The topological polar surface area (TPSA) is 97.4 Å². The molecule has 0 fully saturated rings. The molecule has 0 spiro atoms. The largest absolute Gasteiger partial charge is 0.491 e. The van der Waals surface area contributed by atoms with E-state index in [1.165, 1.54) is 0 Å². The summed E-state index contributed by atoms with van der Waals surface area (Å²) in [5.74, 6) is 0.357. The third kappa shape index (κ3) is 4.44. The van der Waals surface area contributed by atoms with E-state index >= 15 is 0 Å². The molecule has 4 rings (SSSR count). The Kier molecular flexibility index (Phi) is 5.17. The van der Waals surface area contributed by atoms with E-state index in [1.54, 1.807) is 30.3 Å². The van der Waals surface area contributed by atoms with Crippen LogP contribution in [-0.2, 0) is 14.8 Å². The molecule has 0 unspecified atom stereocenters. The lowest BCUT2D eigenvalue weighted by molar-refractivity contribution is 0.102. The van der Waals surface area contributed by atoms with Crippen molar-refractivity contribution in [2.75, 3.05) is 22.9 Å². The van der Waals surface area contributed by atoms with E-state index in [0.717, 1.165) is 23.6 Å². The minimum atomic E-state index is -3.41. The van der Waals surface area contributed by atoms with Gasteiger partial charge in [-0.25, -0.2) is 13.4 Å². The highest BCUT2D eigenvalue weighted by atomic mass is 32.2. The summed E-state index contributed by atoms with van der Waals surface area (Å²) < 4.78 is 31.0. The molecule has 3 aromatic rings. The number of ether oxygens (including phenoxy) is 1. The lowest BCUT2D eigenvalue weighted by Crippen LogP contribution is -2.14. The van der Waals surface area contributed by atoms with Gasteiger partial charge in [0.15, 0.2) is 0 Å². The number of sulfonamides is 1. The molecule has 7 nitrogen and oxygen atoms in total.